The zero-order chi connectivity index (χ0) is 16.7. The highest BCUT2D eigenvalue weighted by Gasteiger charge is 2.22. The molecule has 0 bridgehead atoms. The minimum atomic E-state index is 0.616. The zero-order valence-electron chi connectivity index (χ0n) is 14.5. The highest BCUT2D eigenvalue weighted by atomic mass is 35.5. The molecule has 2 rings (SSSR count). The molecular formula is C18H29ClN2O2. The lowest BCUT2D eigenvalue weighted by Crippen LogP contribution is -2.37. The van der Waals surface area contributed by atoms with Gasteiger partial charge in [-0.05, 0) is 50.0 Å². The summed E-state index contributed by atoms with van der Waals surface area (Å²) in [6.45, 7) is 9.11. The number of benzene rings is 1. The molecular weight excluding hydrogens is 312 g/mol. The monoisotopic (exact) mass is 340 g/mol. The first-order chi connectivity index (χ1) is 11.2. The molecule has 0 aromatic heterocycles. The molecule has 0 unspecified atom stereocenters. The van der Waals surface area contributed by atoms with Crippen LogP contribution in [0.4, 0.5) is 0 Å². The van der Waals surface area contributed by atoms with Crippen molar-refractivity contribution in [1.29, 1.82) is 0 Å². The van der Waals surface area contributed by atoms with Crippen molar-refractivity contribution in [2.45, 2.75) is 45.7 Å². The van der Waals surface area contributed by atoms with Crippen molar-refractivity contribution in [2.75, 3.05) is 33.4 Å². The fourth-order valence-corrected chi connectivity index (χ4v) is 3.43. The maximum absolute atomic E-state index is 6.36. The average molecular weight is 341 g/mol. The Kier molecular flexibility index (Phi) is 7.47. The fraction of sp³-hybridized carbons (Fsp3) is 0.667. The van der Waals surface area contributed by atoms with Crippen LogP contribution in [-0.2, 0) is 6.54 Å². The third-order valence-corrected chi connectivity index (χ3v) is 4.63. The molecule has 0 aliphatic carbocycles. The lowest BCUT2D eigenvalue weighted by Gasteiger charge is -2.23. The van der Waals surface area contributed by atoms with E-state index in [1.165, 1.54) is 19.4 Å². The smallest absolute Gasteiger partial charge is 0.179 e. The van der Waals surface area contributed by atoms with Crippen molar-refractivity contribution in [3.8, 4) is 11.5 Å². The van der Waals surface area contributed by atoms with Gasteiger partial charge in [0.15, 0.2) is 11.5 Å². The van der Waals surface area contributed by atoms with Crippen molar-refractivity contribution in [3.63, 3.8) is 0 Å². The second kappa shape index (κ2) is 9.36. The van der Waals surface area contributed by atoms with Gasteiger partial charge in [-0.3, -0.25) is 4.90 Å². The molecule has 1 aliphatic heterocycles. The van der Waals surface area contributed by atoms with Gasteiger partial charge in [-0.15, -0.1) is 0 Å². The minimum absolute atomic E-state index is 0.616. The van der Waals surface area contributed by atoms with Gasteiger partial charge in [0.25, 0.3) is 0 Å². The molecule has 1 fully saturated rings. The van der Waals surface area contributed by atoms with Gasteiger partial charge in [0, 0.05) is 19.1 Å². The molecule has 130 valence electrons. The predicted molar refractivity (Wildman–Crippen MR) is 95.8 cm³/mol. The lowest BCUT2D eigenvalue weighted by molar-refractivity contribution is 0.260. The summed E-state index contributed by atoms with van der Waals surface area (Å²) in [5.74, 6) is 1.35. The largest absolute Gasteiger partial charge is 0.493 e. The van der Waals surface area contributed by atoms with Crippen LogP contribution in [0.1, 0.15) is 38.7 Å². The summed E-state index contributed by atoms with van der Waals surface area (Å²) < 4.78 is 11.1. The Balaban J connectivity index is 1.93. The van der Waals surface area contributed by atoms with E-state index < -0.39 is 0 Å². The van der Waals surface area contributed by atoms with Crippen LogP contribution in [0.3, 0.4) is 0 Å². The number of nitrogens with zero attached hydrogens (tertiary/aromatic N) is 1. The van der Waals surface area contributed by atoms with Crippen LogP contribution in [-0.4, -0.2) is 44.3 Å². The van der Waals surface area contributed by atoms with Crippen molar-refractivity contribution in [2.24, 2.45) is 0 Å². The van der Waals surface area contributed by atoms with Gasteiger partial charge in [0.2, 0.25) is 0 Å². The first kappa shape index (κ1) is 18.4. The van der Waals surface area contributed by atoms with Gasteiger partial charge in [0.05, 0.1) is 18.7 Å². The molecule has 1 aliphatic rings. The van der Waals surface area contributed by atoms with Crippen LogP contribution < -0.4 is 14.8 Å². The van der Waals surface area contributed by atoms with Gasteiger partial charge in [-0.2, -0.15) is 0 Å². The van der Waals surface area contributed by atoms with Crippen LogP contribution in [0, 0.1) is 0 Å². The number of ether oxygens (including phenoxy) is 2. The molecule has 0 radical (unpaired) electrons. The van der Waals surface area contributed by atoms with E-state index >= 15 is 0 Å². The Morgan fingerprint density at radius 2 is 2.17 bits per heavy atom. The van der Waals surface area contributed by atoms with E-state index in [0.717, 1.165) is 31.6 Å². The quantitative estimate of drug-likeness (QED) is 0.743. The summed E-state index contributed by atoms with van der Waals surface area (Å²) in [5, 5.41) is 4.17. The number of nitrogens with one attached hydrogen (secondary N) is 1. The summed E-state index contributed by atoms with van der Waals surface area (Å²) in [5.41, 5.74) is 1.12. The van der Waals surface area contributed by atoms with Gasteiger partial charge in [-0.25, -0.2) is 0 Å². The molecule has 5 heteroatoms. The van der Waals surface area contributed by atoms with Crippen LogP contribution in [0.2, 0.25) is 5.02 Å². The number of methoxy groups -OCH3 is 1. The van der Waals surface area contributed by atoms with E-state index in [4.69, 9.17) is 21.1 Å². The van der Waals surface area contributed by atoms with Crippen molar-refractivity contribution in [3.05, 3.63) is 22.7 Å². The lowest BCUT2D eigenvalue weighted by atomic mass is 10.1. The number of rotatable bonds is 9. The first-order valence-electron chi connectivity index (χ1n) is 8.63. The van der Waals surface area contributed by atoms with Gasteiger partial charge in [-0.1, -0.05) is 25.4 Å². The molecule has 0 saturated carbocycles. The van der Waals surface area contributed by atoms with Crippen molar-refractivity contribution in [1.82, 2.24) is 10.2 Å². The first-order valence-corrected chi connectivity index (χ1v) is 9.01. The normalized spacial score (nSPS) is 18.3. The molecule has 1 saturated heterocycles. The van der Waals surface area contributed by atoms with E-state index in [-0.39, 0.29) is 0 Å². The Morgan fingerprint density at radius 1 is 1.35 bits per heavy atom. The van der Waals surface area contributed by atoms with Crippen LogP contribution in [0.25, 0.3) is 0 Å². The molecule has 1 aromatic rings. The van der Waals surface area contributed by atoms with Gasteiger partial charge >= 0.3 is 0 Å². The number of likely N-dealkylation sites (tertiary alicyclic amines) is 1. The number of likely N-dealkylation sites (N-methyl/N-ethyl adjacent to an activating group) is 1. The molecule has 23 heavy (non-hydrogen) atoms. The zero-order valence-corrected chi connectivity index (χ0v) is 15.3. The summed E-state index contributed by atoms with van der Waals surface area (Å²) in [4.78, 5) is 2.54. The third-order valence-electron chi connectivity index (χ3n) is 4.35. The number of hydrogen-bond donors (Lipinski definition) is 1. The highest BCUT2D eigenvalue weighted by Crippen LogP contribution is 2.36. The molecule has 1 heterocycles. The number of hydrogen-bond acceptors (Lipinski definition) is 4. The third kappa shape index (κ3) is 5.00. The molecule has 1 aromatic carbocycles. The Labute approximate surface area is 145 Å². The molecule has 1 atom stereocenters. The summed E-state index contributed by atoms with van der Waals surface area (Å²) >= 11 is 6.36. The fourth-order valence-electron chi connectivity index (χ4n) is 3.15. The van der Waals surface area contributed by atoms with E-state index in [1.807, 2.05) is 12.1 Å². The van der Waals surface area contributed by atoms with E-state index in [2.05, 4.69) is 24.1 Å². The Morgan fingerprint density at radius 3 is 2.87 bits per heavy atom. The second-order valence-corrected chi connectivity index (χ2v) is 6.42. The molecule has 0 spiro atoms. The van der Waals surface area contributed by atoms with Gasteiger partial charge in [0.1, 0.15) is 0 Å². The van der Waals surface area contributed by atoms with Crippen molar-refractivity contribution >= 4 is 11.6 Å². The van der Waals surface area contributed by atoms with Crippen molar-refractivity contribution < 1.29 is 9.47 Å². The Hall–Kier alpha value is -0.970. The second-order valence-electron chi connectivity index (χ2n) is 6.01. The topological polar surface area (TPSA) is 33.7 Å². The molecule has 4 nitrogen and oxygen atoms in total. The van der Waals surface area contributed by atoms with E-state index in [1.54, 1.807) is 7.11 Å². The maximum Gasteiger partial charge on any atom is 0.179 e. The minimum Gasteiger partial charge on any atom is -0.493 e. The van der Waals surface area contributed by atoms with E-state index in [9.17, 15) is 0 Å². The molecule has 1 N–H and O–H groups in total. The predicted octanol–water partition coefficient (Wildman–Crippen LogP) is 3.71. The van der Waals surface area contributed by atoms with Crippen LogP contribution in [0.5, 0.6) is 11.5 Å². The average Bonchev–Trinajstić information content (AvgIpc) is 3.01. The van der Waals surface area contributed by atoms with E-state index in [0.29, 0.717) is 29.2 Å². The highest BCUT2D eigenvalue weighted by molar-refractivity contribution is 6.32. The van der Waals surface area contributed by atoms with Crippen LogP contribution >= 0.6 is 11.6 Å². The summed E-state index contributed by atoms with van der Waals surface area (Å²) in [6.07, 6.45) is 3.54. The standard InChI is InChI=1S/C18H29ClN2O2/c1-4-9-23-18-16(19)10-14(11-17(18)22-3)12-20-13-15-7-6-8-21(15)5-2/h10-11,15,20H,4-9,12-13H2,1-3H3/t15-/m0/s1. The summed E-state index contributed by atoms with van der Waals surface area (Å²) in [6, 6.07) is 4.63. The summed E-state index contributed by atoms with van der Waals surface area (Å²) in [7, 11) is 1.65. The van der Waals surface area contributed by atoms with Crippen LogP contribution in [0.15, 0.2) is 12.1 Å². The SMILES string of the molecule is CCCOc1c(Cl)cc(CNC[C@@H]2CCCN2CC)cc1OC. The van der Waals surface area contributed by atoms with Gasteiger partial charge < -0.3 is 14.8 Å². The number of halogens is 1. The Bertz CT molecular complexity index is 496. The molecule has 0 amide bonds. The maximum atomic E-state index is 6.36.